The van der Waals surface area contributed by atoms with E-state index in [1.165, 1.54) is 17.7 Å². The zero-order chi connectivity index (χ0) is 20.7. The van der Waals surface area contributed by atoms with Gasteiger partial charge in [0.25, 0.3) is 0 Å². The van der Waals surface area contributed by atoms with Crippen molar-refractivity contribution in [2.24, 2.45) is 10.7 Å². The van der Waals surface area contributed by atoms with E-state index in [0.29, 0.717) is 18.4 Å². The van der Waals surface area contributed by atoms with Crippen LogP contribution in [0.15, 0.2) is 59.9 Å². The van der Waals surface area contributed by atoms with E-state index in [9.17, 15) is 4.39 Å². The van der Waals surface area contributed by atoms with Gasteiger partial charge in [-0.2, -0.15) is 0 Å². The maximum atomic E-state index is 13.5. The van der Waals surface area contributed by atoms with Gasteiger partial charge in [0, 0.05) is 24.5 Å². The Bertz CT molecular complexity index is 1120. The number of hydrogen-bond acceptors (Lipinski definition) is 5. The number of aromatic nitrogens is 2. The number of halogens is 1. The van der Waals surface area contributed by atoms with Crippen molar-refractivity contribution >= 4 is 17.4 Å². The van der Waals surface area contributed by atoms with Crippen molar-refractivity contribution in [3.05, 3.63) is 66.3 Å². The first kappa shape index (κ1) is 18.8. The number of aliphatic imine (C=N–C) groups is 1. The first-order chi connectivity index (χ1) is 14.6. The number of guanidine groups is 1. The average Bonchev–Trinajstić information content (AvgIpc) is 3.13. The fourth-order valence-electron chi connectivity index (χ4n) is 4.34. The van der Waals surface area contributed by atoms with Crippen LogP contribution in [0.5, 0.6) is 0 Å². The Labute approximate surface area is 175 Å². The fourth-order valence-corrected chi connectivity index (χ4v) is 4.34. The molecule has 0 bridgehead atoms. The molecule has 2 aromatic heterocycles. The van der Waals surface area contributed by atoms with E-state index >= 15 is 0 Å². The molecule has 1 aromatic carbocycles. The number of rotatable bonds is 3. The van der Waals surface area contributed by atoms with Gasteiger partial charge in [-0.3, -0.25) is 9.30 Å². The molecule has 0 unspecified atom stereocenters. The first-order valence-electron chi connectivity index (χ1n) is 10.3. The van der Waals surface area contributed by atoms with E-state index in [2.05, 4.69) is 39.7 Å². The van der Waals surface area contributed by atoms with Crippen LogP contribution in [0.2, 0.25) is 0 Å². The molecule has 0 spiro atoms. The zero-order valence-electron chi connectivity index (χ0n) is 17.0. The monoisotopic (exact) mass is 404 g/mol. The maximum absolute atomic E-state index is 13.5. The van der Waals surface area contributed by atoms with Gasteiger partial charge in [-0.25, -0.2) is 14.4 Å². The van der Waals surface area contributed by atoms with Gasteiger partial charge in [-0.15, -0.1) is 0 Å². The molecule has 154 valence electrons. The average molecular weight is 404 g/mol. The first-order valence-corrected chi connectivity index (χ1v) is 10.3. The summed E-state index contributed by atoms with van der Waals surface area (Å²) in [6, 6.07) is 10.8. The van der Waals surface area contributed by atoms with E-state index in [-0.39, 0.29) is 5.82 Å². The number of nitrogens with zero attached hydrogens (tertiary/aromatic N) is 5. The normalized spacial score (nSPS) is 18.2. The van der Waals surface area contributed by atoms with Crippen LogP contribution in [0.3, 0.4) is 0 Å². The van der Waals surface area contributed by atoms with Crippen molar-refractivity contribution in [2.75, 3.05) is 31.6 Å². The standard InChI is InChI=1S/C23H25FN6/c1-28-12-7-16(8-13-28)18-9-14-29-20(15-18)27-21(17-3-5-19(24)6-4-17)22(29)30-11-2-10-26-23(30)25/h2-6,9-10,14-16H,7-8,11-13H2,1H3,(H2,25,26). The van der Waals surface area contributed by atoms with Crippen molar-refractivity contribution in [2.45, 2.75) is 18.8 Å². The second kappa shape index (κ2) is 7.57. The highest BCUT2D eigenvalue weighted by Crippen LogP contribution is 2.35. The number of pyridine rings is 1. The van der Waals surface area contributed by atoms with Gasteiger partial charge in [0.05, 0.1) is 0 Å². The van der Waals surface area contributed by atoms with Gasteiger partial charge in [-0.05, 0) is 86.9 Å². The maximum Gasteiger partial charge on any atom is 0.201 e. The molecule has 2 N–H and O–H groups in total. The molecule has 0 amide bonds. The summed E-state index contributed by atoms with van der Waals surface area (Å²) in [6.45, 7) is 2.83. The molecule has 1 fully saturated rings. The lowest BCUT2D eigenvalue weighted by molar-refractivity contribution is 0.255. The minimum atomic E-state index is -0.268. The number of imidazole rings is 1. The molecule has 2 aliphatic rings. The Morgan fingerprint density at radius 2 is 1.87 bits per heavy atom. The number of benzene rings is 1. The third kappa shape index (κ3) is 3.35. The van der Waals surface area contributed by atoms with Crippen LogP contribution in [0.4, 0.5) is 10.2 Å². The quantitative estimate of drug-likeness (QED) is 0.725. The van der Waals surface area contributed by atoms with Gasteiger partial charge < -0.3 is 10.6 Å². The number of likely N-dealkylation sites (tertiary alicyclic amines) is 1. The molecule has 2 aliphatic heterocycles. The van der Waals surface area contributed by atoms with Crippen LogP contribution in [0, 0.1) is 5.82 Å². The highest BCUT2D eigenvalue weighted by atomic mass is 19.1. The summed E-state index contributed by atoms with van der Waals surface area (Å²) in [5.41, 5.74) is 10.0. The number of hydrogen-bond donors (Lipinski definition) is 1. The Hall–Kier alpha value is -3.19. The smallest absolute Gasteiger partial charge is 0.201 e. The topological polar surface area (TPSA) is 62.2 Å². The lowest BCUT2D eigenvalue weighted by atomic mass is 9.90. The Balaban J connectivity index is 1.63. The minimum absolute atomic E-state index is 0.268. The van der Waals surface area contributed by atoms with Crippen molar-refractivity contribution in [1.29, 1.82) is 0 Å². The summed E-state index contributed by atoms with van der Waals surface area (Å²) in [4.78, 5) is 13.5. The fraction of sp³-hybridized carbons (Fsp3) is 0.304. The molecule has 5 rings (SSSR count). The Kier molecular flexibility index (Phi) is 4.75. The van der Waals surface area contributed by atoms with Crippen molar-refractivity contribution in [3.8, 4) is 11.3 Å². The van der Waals surface area contributed by atoms with Gasteiger partial charge >= 0.3 is 0 Å². The third-order valence-electron chi connectivity index (χ3n) is 6.07. The zero-order valence-corrected chi connectivity index (χ0v) is 17.0. The van der Waals surface area contributed by atoms with Crippen molar-refractivity contribution in [1.82, 2.24) is 14.3 Å². The summed E-state index contributed by atoms with van der Waals surface area (Å²) in [6.07, 6.45) is 8.05. The van der Waals surface area contributed by atoms with Gasteiger partial charge in [-0.1, -0.05) is 0 Å². The lowest BCUT2D eigenvalue weighted by Crippen LogP contribution is -2.39. The summed E-state index contributed by atoms with van der Waals surface area (Å²) in [5.74, 6) is 1.54. The van der Waals surface area contributed by atoms with Crippen LogP contribution in [-0.4, -0.2) is 46.9 Å². The lowest BCUT2D eigenvalue weighted by Gasteiger charge is -2.29. The number of nitrogens with two attached hydrogens (primary N) is 1. The molecule has 7 heteroatoms. The highest BCUT2D eigenvalue weighted by molar-refractivity contribution is 5.99. The highest BCUT2D eigenvalue weighted by Gasteiger charge is 2.24. The van der Waals surface area contributed by atoms with Crippen LogP contribution in [-0.2, 0) is 0 Å². The van der Waals surface area contributed by atoms with Crippen molar-refractivity contribution in [3.63, 3.8) is 0 Å². The molecule has 0 aliphatic carbocycles. The minimum Gasteiger partial charge on any atom is -0.369 e. The molecular formula is C23H25FN6. The SMILES string of the molecule is CN1CCC(c2ccn3c(N4CC=CN=C4N)c(-c4ccc(F)cc4)nc3c2)CC1. The molecule has 30 heavy (non-hydrogen) atoms. The summed E-state index contributed by atoms with van der Waals surface area (Å²) >= 11 is 0. The molecule has 0 radical (unpaired) electrons. The van der Waals surface area contributed by atoms with Crippen LogP contribution in [0.25, 0.3) is 16.9 Å². The van der Waals surface area contributed by atoms with E-state index in [4.69, 9.17) is 10.7 Å². The number of piperidine rings is 1. The largest absolute Gasteiger partial charge is 0.369 e. The second-order valence-electron chi connectivity index (χ2n) is 8.04. The van der Waals surface area contributed by atoms with Gasteiger partial charge in [0.15, 0.2) is 0 Å². The van der Waals surface area contributed by atoms with Crippen LogP contribution in [0.1, 0.15) is 24.3 Å². The second-order valence-corrected chi connectivity index (χ2v) is 8.04. The Morgan fingerprint density at radius 1 is 1.10 bits per heavy atom. The molecular weight excluding hydrogens is 379 g/mol. The third-order valence-corrected chi connectivity index (χ3v) is 6.07. The summed E-state index contributed by atoms with van der Waals surface area (Å²) in [5, 5.41) is 0. The van der Waals surface area contributed by atoms with E-state index in [0.717, 1.165) is 48.7 Å². The van der Waals surface area contributed by atoms with Crippen LogP contribution >= 0.6 is 0 Å². The van der Waals surface area contributed by atoms with E-state index < -0.39 is 0 Å². The van der Waals surface area contributed by atoms with Gasteiger partial charge in [0.1, 0.15) is 23.0 Å². The molecule has 0 saturated carbocycles. The predicted octanol–water partition coefficient (Wildman–Crippen LogP) is 3.60. The van der Waals surface area contributed by atoms with Gasteiger partial charge in [0.2, 0.25) is 5.96 Å². The number of fused-ring (bicyclic) bond motifs is 1. The molecule has 4 heterocycles. The van der Waals surface area contributed by atoms with Crippen LogP contribution < -0.4 is 10.6 Å². The molecule has 1 saturated heterocycles. The molecule has 0 atom stereocenters. The predicted molar refractivity (Wildman–Crippen MR) is 118 cm³/mol. The molecule has 3 aromatic rings. The van der Waals surface area contributed by atoms with Crippen molar-refractivity contribution < 1.29 is 4.39 Å². The summed E-state index contributed by atoms with van der Waals surface area (Å²) in [7, 11) is 2.17. The van der Waals surface area contributed by atoms with E-state index in [1.807, 2.05) is 11.0 Å². The molecule has 6 nitrogen and oxygen atoms in total. The number of anilines is 1. The van der Waals surface area contributed by atoms with E-state index in [1.54, 1.807) is 18.3 Å². The summed E-state index contributed by atoms with van der Waals surface area (Å²) < 4.78 is 15.6. The Morgan fingerprint density at radius 3 is 2.60 bits per heavy atom.